The quantitative estimate of drug-likeness (QED) is 0.315. The zero-order chi connectivity index (χ0) is 17.6. The van der Waals surface area contributed by atoms with E-state index in [0.717, 1.165) is 12.5 Å². The number of fused-ring (bicyclic) bond motifs is 1. The van der Waals surface area contributed by atoms with Crippen LogP contribution in [0.5, 0.6) is 0 Å². The van der Waals surface area contributed by atoms with Crippen LogP contribution < -0.4 is 24.8 Å². The zero-order valence-corrected chi connectivity index (χ0v) is 22.0. The van der Waals surface area contributed by atoms with Crippen molar-refractivity contribution in [2.45, 2.75) is 90.3 Å². The predicted molar refractivity (Wildman–Crippen MR) is 107 cm³/mol. The Labute approximate surface area is 190 Å². The maximum absolute atomic E-state index is 4.97. The smallest absolute Gasteiger partial charge is 1.00 e. The summed E-state index contributed by atoms with van der Waals surface area (Å²) in [7, 11) is 0. The Kier molecular flexibility index (Phi) is 21.9. The molecule has 0 aromatic heterocycles. The molecule has 0 saturated heterocycles. The van der Waals surface area contributed by atoms with Crippen LogP contribution in [0.15, 0.2) is 24.3 Å². The van der Waals surface area contributed by atoms with E-state index in [9.17, 15) is 0 Å². The summed E-state index contributed by atoms with van der Waals surface area (Å²) in [5.41, 5.74) is 0.210. The van der Waals surface area contributed by atoms with Crippen LogP contribution in [0.3, 0.4) is 0 Å². The van der Waals surface area contributed by atoms with E-state index in [0.29, 0.717) is 12.0 Å². The van der Waals surface area contributed by atoms with Gasteiger partial charge in [0.05, 0.1) is 0 Å². The summed E-state index contributed by atoms with van der Waals surface area (Å²) in [6, 6.07) is 0.616. The van der Waals surface area contributed by atoms with E-state index in [1.54, 1.807) is 23.3 Å². The molecule has 26 heavy (non-hydrogen) atoms. The van der Waals surface area contributed by atoms with Crippen molar-refractivity contribution in [3.8, 4) is 0 Å². The first-order valence-electron chi connectivity index (χ1n) is 10.2. The van der Waals surface area contributed by atoms with Crippen molar-refractivity contribution in [2.75, 3.05) is 6.54 Å². The van der Waals surface area contributed by atoms with Gasteiger partial charge in [-0.15, -0.1) is 12.6 Å². The topological polar surface area (TPSA) is 14.1 Å². The molecule has 2 aliphatic carbocycles. The molecular weight excluding hydrogens is 456 g/mol. The first-order valence-corrected chi connectivity index (χ1v) is 16.4. The first kappa shape index (κ1) is 29.3. The van der Waals surface area contributed by atoms with Gasteiger partial charge in [-0.2, -0.15) is 0 Å². The van der Waals surface area contributed by atoms with E-state index in [-0.39, 0.29) is 30.2 Å². The van der Waals surface area contributed by atoms with Gasteiger partial charge >= 0.3 is 41.9 Å². The van der Waals surface area contributed by atoms with Gasteiger partial charge in [0, 0.05) is 0 Å². The molecule has 5 heteroatoms. The average Bonchev–Trinajstić information content (AvgIpc) is 2.96. The van der Waals surface area contributed by atoms with Crippen molar-refractivity contribution in [1.82, 2.24) is 0 Å². The van der Waals surface area contributed by atoms with Gasteiger partial charge in [-0.05, 0) is 18.3 Å². The van der Waals surface area contributed by atoms with Gasteiger partial charge in [-0.25, -0.2) is 0 Å². The van der Waals surface area contributed by atoms with Crippen molar-refractivity contribution >= 4 is 5.43 Å². The Morgan fingerprint density at radius 1 is 0.885 bits per heavy atom. The first-order chi connectivity index (χ1) is 11.6. The second-order valence-electron chi connectivity index (χ2n) is 7.54. The Bertz CT molecular complexity index is 397. The molecule has 0 bridgehead atoms. The van der Waals surface area contributed by atoms with Gasteiger partial charge < -0.3 is 30.1 Å². The molecule has 0 aromatic carbocycles. The second kappa shape index (κ2) is 19.4. The van der Waals surface area contributed by atoms with Crippen molar-refractivity contribution in [2.24, 2.45) is 11.8 Å². The predicted octanol–water partition coefficient (Wildman–Crippen LogP) is 0.814. The van der Waals surface area contributed by atoms with Crippen LogP contribution in [-0.4, -0.2) is 18.0 Å². The molecule has 150 valence electrons. The van der Waals surface area contributed by atoms with Crippen LogP contribution >= 0.6 is 0 Å². The zero-order valence-electron chi connectivity index (χ0n) is 17.0. The van der Waals surface area contributed by atoms with Crippen LogP contribution in [-0.2, 0) is 23.3 Å². The van der Waals surface area contributed by atoms with E-state index in [1.165, 1.54) is 64.2 Å². The molecule has 1 saturated carbocycles. The number of nitrogens with zero attached hydrogens (tertiary/aromatic N) is 1. The van der Waals surface area contributed by atoms with Gasteiger partial charge in [0.25, 0.3) is 0 Å². The standard InChI is InChI=1S/C19H32N.C2H6Si.2ClH.Zr/c1-2-3-4-5-6-7-8-11-16-20-19-15-14-17-12-9-10-13-18(17)19;1-3-2;;;/h9-10,12-13,17-19H,2-8,11,14-16H2,1H3;1-2H3;2*1H;/q-1;;;;+2/p-2. The fraction of sp³-hybridized carbons (Fsp3) is 0.810. The third-order valence-corrected chi connectivity index (χ3v) is 4.91. The second-order valence-corrected chi connectivity index (χ2v) is 16.9. The van der Waals surface area contributed by atoms with E-state index < -0.39 is 0 Å². The number of unbranched alkanes of at least 4 members (excludes halogenated alkanes) is 7. The molecule has 3 atom stereocenters. The molecule has 0 spiro atoms. The molecular formula is C21H38Cl2NSiZr-. The Morgan fingerprint density at radius 2 is 1.42 bits per heavy atom. The van der Waals surface area contributed by atoms with E-state index in [1.807, 2.05) is 0 Å². The number of rotatable bonds is 10. The Morgan fingerprint density at radius 3 is 2.04 bits per heavy atom. The van der Waals surface area contributed by atoms with Crippen molar-refractivity contribution in [1.29, 1.82) is 0 Å². The maximum atomic E-state index is 4.97. The van der Waals surface area contributed by atoms with Crippen LogP contribution in [0.4, 0.5) is 0 Å². The molecule has 3 unspecified atom stereocenters. The van der Waals surface area contributed by atoms with Crippen molar-refractivity contribution in [3.63, 3.8) is 0 Å². The number of hydrogen-bond acceptors (Lipinski definition) is 0. The number of halogens is 2. The normalized spacial score (nSPS) is 22.6. The van der Waals surface area contributed by atoms with Gasteiger partial charge in [0.1, 0.15) is 0 Å². The third-order valence-electron chi connectivity index (χ3n) is 4.91. The summed E-state index contributed by atoms with van der Waals surface area (Å²) in [5, 5.41) is 4.97. The summed E-state index contributed by atoms with van der Waals surface area (Å²) in [6.07, 6.45) is 23.0. The summed E-state index contributed by atoms with van der Waals surface area (Å²) < 4.78 is 0. The van der Waals surface area contributed by atoms with E-state index in [2.05, 4.69) is 44.3 Å². The minimum Gasteiger partial charge on any atom is -1.00 e. The minimum atomic E-state index is 0. The van der Waals surface area contributed by atoms with Gasteiger partial charge in [0.2, 0.25) is 0 Å². The molecule has 0 N–H and O–H groups in total. The molecule has 0 aromatic rings. The van der Waals surface area contributed by atoms with Crippen LogP contribution in [0.2, 0.25) is 13.1 Å². The Hall–Kier alpha value is 1.12. The monoisotopic (exact) mass is 492 g/mol. The average molecular weight is 495 g/mol. The summed E-state index contributed by atoms with van der Waals surface area (Å²) in [6.45, 7) is 8.00. The Balaban J connectivity index is 0. The molecule has 2 rings (SSSR count). The fourth-order valence-electron chi connectivity index (χ4n) is 3.64. The largest absolute Gasteiger partial charge is 1.00 e. The summed E-state index contributed by atoms with van der Waals surface area (Å²) >= 11 is 1.74. The molecule has 0 aliphatic heterocycles. The number of allylic oxidation sites excluding steroid dienone is 3. The summed E-state index contributed by atoms with van der Waals surface area (Å²) in [4.78, 5) is 0. The fourth-order valence-corrected chi connectivity index (χ4v) is 3.64. The van der Waals surface area contributed by atoms with Crippen LogP contribution in [0.1, 0.15) is 71.1 Å². The maximum Gasteiger partial charge on any atom is -1.00 e. The molecule has 0 heterocycles. The molecule has 0 radical (unpaired) electrons. The SMILES string of the molecule is CCCCCCCCCC[N-]C1CCC2C=CC=CC21.C[Si](C)=[Zr+2].[Cl-].[Cl-]. The third kappa shape index (κ3) is 14.2. The van der Waals surface area contributed by atoms with Crippen LogP contribution in [0.25, 0.3) is 5.32 Å². The van der Waals surface area contributed by atoms with Gasteiger partial charge in [0.15, 0.2) is 0 Å². The van der Waals surface area contributed by atoms with Crippen LogP contribution in [0, 0.1) is 11.8 Å². The molecule has 0 amide bonds. The minimum absolute atomic E-state index is 0. The molecule has 1 fully saturated rings. The van der Waals surface area contributed by atoms with Gasteiger partial charge in [-0.1, -0.05) is 89.0 Å². The number of hydrogen-bond donors (Lipinski definition) is 0. The van der Waals surface area contributed by atoms with Crippen molar-refractivity contribution in [3.05, 3.63) is 29.6 Å². The van der Waals surface area contributed by atoms with E-state index in [4.69, 9.17) is 5.32 Å². The summed E-state index contributed by atoms with van der Waals surface area (Å²) in [5.74, 6) is 1.50. The molecule has 2 aliphatic rings. The van der Waals surface area contributed by atoms with E-state index >= 15 is 0 Å². The van der Waals surface area contributed by atoms with Gasteiger partial charge in [-0.3, -0.25) is 0 Å². The molecule has 1 nitrogen and oxygen atoms in total. The van der Waals surface area contributed by atoms with Crippen molar-refractivity contribution < 1.29 is 48.1 Å².